The van der Waals surface area contributed by atoms with Crippen LogP contribution in [0.15, 0.2) is 12.1 Å². The highest BCUT2D eigenvalue weighted by Crippen LogP contribution is 2.31. The number of rotatable bonds is 5. The first kappa shape index (κ1) is 12.6. The summed E-state index contributed by atoms with van der Waals surface area (Å²) in [5.41, 5.74) is 5.52. The number of nitrogens with two attached hydrogens (primary N) is 1. The predicted molar refractivity (Wildman–Crippen MR) is 59.4 cm³/mol. The lowest BCUT2D eigenvalue weighted by Gasteiger charge is -2.10. The number of hydrogen-bond donors (Lipinski definition) is 1. The molecule has 2 N–H and O–H groups in total. The molecule has 0 aliphatic heterocycles. The van der Waals surface area contributed by atoms with Crippen molar-refractivity contribution in [3.63, 3.8) is 0 Å². The summed E-state index contributed by atoms with van der Waals surface area (Å²) in [6, 6.07) is 3.04. The molecule has 1 atom stereocenters. The number of methoxy groups -OCH3 is 1. The topological polar surface area (TPSA) is 95.5 Å². The molecule has 0 spiro atoms. The van der Waals surface area contributed by atoms with Gasteiger partial charge in [-0.05, 0) is 6.07 Å². The minimum atomic E-state index is -0.458. The van der Waals surface area contributed by atoms with Gasteiger partial charge in [-0.15, -0.1) is 0 Å². The van der Waals surface area contributed by atoms with E-state index in [1.54, 1.807) is 6.07 Å². The van der Waals surface area contributed by atoms with Crippen LogP contribution >= 0.6 is 11.3 Å². The predicted octanol–water partition coefficient (Wildman–Crippen LogP) is 1.26. The molecule has 0 amide bonds. The maximum Gasteiger partial charge on any atom is 0.324 e. The van der Waals surface area contributed by atoms with Crippen molar-refractivity contribution in [2.45, 2.75) is 12.3 Å². The van der Waals surface area contributed by atoms with Gasteiger partial charge in [-0.3, -0.25) is 14.9 Å². The van der Waals surface area contributed by atoms with E-state index in [1.165, 1.54) is 13.2 Å². The Hall–Kier alpha value is -1.47. The van der Waals surface area contributed by atoms with Crippen LogP contribution in [-0.4, -0.2) is 24.5 Å². The third kappa shape index (κ3) is 3.01. The molecule has 1 rings (SSSR count). The molecule has 0 aliphatic carbocycles. The summed E-state index contributed by atoms with van der Waals surface area (Å²) in [6.45, 7) is 0.257. The highest BCUT2D eigenvalue weighted by atomic mass is 32.1. The summed E-state index contributed by atoms with van der Waals surface area (Å²) in [7, 11) is 1.30. The van der Waals surface area contributed by atoms with E-state index >= 15 is 0 Å². The molecule has 0 aromatic carbocycles. The molecular weight excluding hydrogens is 232 g/mol. The summed E-state index contributed by atoms with van der Waals surface area (Å²) in [4.78, 5) is 21.9. The summed E-state index contributed by atoms with van der Waals surface area (Å²) in [5, 5.41) is 10.6. The van der Waals surface area contributed by atoms with Crippen LogP contribution in [0.3, 0.4) is 0 Å². The van der Waals surface area contributed by atoms with Gasteiger partial charge in [-0.1, -0.05) is 11.3 Å². The van der Waals surface area contributed by atoms with Gasteiger partial charge in [0.05, 0.1) is 18.5 Å². The second-order valence-corrected chi connectivity index (χ2v) is 4.24. The van der Waals surface area contributed by atoms with E-state index in [0.717, 1.165) is 16.2 Å². The molecule has 88 valence electrons. The molecule has 0 saturated heterocycles. The summed E-state index contributed by atoms with van der Waals surface area (Å²) in [6.07, 6.45) is 0.144. The van der Waals surface area contributed by atoms with Crippen molar-refractivity contribution in [1.29, 1.82) is 0 Å². The Bertz CT molecular complexity index is 391. The normalized spacial score (nSPS) is 12.1. The van der Waals surface area contributed by atoms with Gasteiger partial charge in [0.15, 0.2) is 0 Å². The first-order valence-electron chi connectivity index (χ1n) is 4.59. The van der Waals surface area contributed by atoms with E-state index in [1.807, 2.05) is 0 Å². The Kier molecular flexibility index (Phi) is 4.39. The van der Waals surface area contributed by atoms with Crippen LogP contribution in [0.1, 0.15) is 17.2 Å². The van der Waals surface area contributed by atoms with E-state index in [0.29, 0.717) is 0 Å². The van der Waals surface area contributed by atoms with Gasteiger partial charge in [0.25, 0.3) is 0 Å². The number of carbonyl (C=O) groups is 1. The molecule has 0 radical (unpaired) electrons. The molecule has 1 aromatic rings. The lowest BCUT2D eigenvalue weighted by atomic mass is 10.0. The van der Waals surface area contributed by atoms with Gasteiger partial charge < -0.3 is 10.5 Å². The molecular formula is C9H12N2O4S. The van der Waals surface area contributed by atoms with Crippen molar-refractivity contribution in [3.05, 3.63) is 27.1 Å². The maximum atomic E-state index is 11.1. The Balaban J connectivity index is 2.78. The van der Waals surface area contributed by atoms with Gasteiger partial charge in [0.2, 0.25) is 0 Å². The standard InChI is InChI=1S/C9H12N2O4S/c1-15-9(12)4-6(5-10)7-2-3-8(16-7)11(13)14/h2-3,6H,4-5,10H2,1H3. The molecule has 0 fully saturated rings. The van der Waals surface area contributed by atoms with Crippen molar-refractivity contribution in [2.24, 2.45) is 5.73 Å². The fraction of sp³-hybridized carbons (Fsp3) is 0.444. The SMILES string of the molecule is COC(=O)CC(CN)c1ccc([N+](=O)[O-])s1. The van der Waals surface area contributed by atoms with E-state index < -0.39 is 4.92 Å². The van der Waals surface area contributed by atoms with Crippen LogP contribution in [0.5, 0.6) is 0 Å². The minimum absolute atomic E-state index is 0.0540. The highest BCUT2D eigenvalue weighted by molar-refractivity contribution is 7.15. The highest BCUT2D eigenvalue weighted by Gasteiger charge is 2.19. The van der Waals surface area contributed by atoms with Crippen molar-refractivity contribution in [3.8, 4) is 0 Å². The second-order valence-electron chi connectivity index (χ2n) is 3.15. The Morgan fingerprint density at radius 3 is 2.81 bits per heavy atom. The molecule has 0 aliphatic rings. The van der Waals surface area contributed by atoms with Crippen molar-refractivity contribution >= 4 is 22.3 Å². The largest absolute Gasteiger partial charge is 0.469 e. The Morgan fingerprint density at radius 1 is 1.69 bits per heavy atom. The van der Waals surface area contributed by atoms with E-state index in [-0.39, 0.29) is 29.9 Å². The monoisotopic (exact) mass is 244 g/mol. The summed E-state index contributed by atoms with van der Waals surface area (Å²) >= 11 is 1.04. The lowest BCUT2D eigenvalue weighted by molar-refractivity contribution is -0.380. The average molecular weight is 244 g/mol. The quantitative estimate of drug-likeness (QED) is 0.478. The van der Waals surface area contributed by atoms with Gasteiger partial charge in [-0.2, -0.15) is 0 Å². The summed E-state index contributed by atoms with van der Waals surface area (Å²) < 4.78 is 4.53. The number of thiophene rings is 1. The number of hydrogen-bond acceptors (Lipinski definition) is 6. The zero-order valence-corrected chi connectivity index (χ0v) is 9.53. The van der Waals surface area contributed by atoms with Crippen molar-refractivity contribution < 1.29 is 14.5 Å². The van der Waals surface area contributed by atoms with Crippen LogP contribution in [0.4, 0.5) is 5.00 Å². The number of esters is 1. The van der Waals surface area contributed by atoms with Crippen molar-refractivity contribution in [2.75, 3.05) is 13.7 Å². The van der Waals surface area contributed by atoms with Crippen molar-refractivity contribution in [1.82, 2.24) is 0 Å². The van der Waals surface area contributed by atoms with E-state index in [4.69, 9.17) is 5.73 Å². The fourth-order valence-electron chi connectivity index (χ4n) is 1.24. The van der Waals surface area contributed by atoms with Crippen LogP contribution in [0.25, 0.3) is 0 Å². The van der Waals surface area contributed by atoms with Crippen LogP contribution in [0.2, 0.25) is 0 Å². The summed E-state index contributed by atoms with van der Waals surface area (Å²) in [5.74, 6) is -0.586. The third-order valence-electron chi connectivity index (χ3n) is 2.12. The van der Waals surface area contributed by atoms with E-state index in [9.17, 15) is 14.9 Å². The molecule has 1 aromatic heterocycles. The van der Waals surface area contributed by atoms with Gasteiger partial charge in [0.1, 0.15) is 0 Å². The van der Waals surface area contributed by atoms with Gasteiger partial charge in [0, 0.05) is 23.4 Å². The molecule has 0 bridgehead atoms. The smallest absolute Gasteiger partial charge is 0.324 e. The molecule has 0 saturated carbocycles. The Labute approximate surface area is 96.2 Å². The molecule has 16 heavy (non-hydrogen) atoms. The first-order valence-corrected chi connectivity index (χ1v) is 5.41. The zero-order valence-electron chi connectivity index (χ0n) is 8.71. The number of ether oxygens (including phenoxy) is 1. The first-order chi connectivity index (χ1) is 7.58. The Morgan fingerprint density at radius 2 is 2.38 bits per heavy atom. The molecule has 1 unspecified atom stereocenters. The maximum absolute atomic E-state index is 11.1. The third-order valence-corrected chi connectivity index (χ3v) is 3.32. The molecule has 6 nitrogen and oxygen atoms in total. The zero-order chi connectivity index (χ0) is 12.1. The lowest BCUT2D eigenvalue weighted by Crippen LogP contribution is -2.16. The second kappa shape index (κ2) is 5.57. The van der Waals surface area contributed by atoms with Gasteiger partial charge in [-0.25, -0.2) is 0 Å². The average Bonchev–Trinajstić information content (AvgIpc) is 2.74. The van der Waals surface area contributed by atoms with Gasteiger partial charge >= 0.3 is 11.0 Å². The molecule has 1 heterocycles. The fourth-order valence-corrected chi connectivity index (χ4v) is 2.18. The number of nitrogens with zero attached hydrogens (tertiary/aromatic N) is 1. The van der Waals surface area contributed by atoms with Crippen LogP contribution in [0, 0.1) is 10.1 Å². The molecule has 7 heteroatoms. The van der Waals surface area contributed by atoms with E-state index in [2.05, 4.69) is 4.74 Å². The number of nitro groups is 1. The van der Waals surface area contributed by atoms with Crippen LogP contribution in [-0.2, 0) is 9.53 Å². The van der Waals surface area contributed by atoms with Crippen LogP contribution < -0.4 is 5.73 Å². The number of carbonyl (C=O) groups excluding carboxylic acids is 1. The minimum Gasteiger partial charge on any atom is -0.469 e.